The molecule has 0 amide bonds. The molecule has 2 rings (SSSR count). The Balaban J connectivity index is 2.12. The van der Waals surface area contributed by atoms with E-state index in [-0.39, 0.29) is 6.61 Å². The molecular weight excluding hydrogens is 212 g/mol. The van der Waals surface area contributed by atoms with E-state index in [1.165, 1.54) is 33.9 Å². The molecule has 14 heavy (non-hydrogen) atoms. The Labute approximate surface area is 93.3 Å². The molecule has 1 heterocycles. The third-order valence-electron chi connectivity index (χ3n) is 2.24. The second kappa shape index (κ2) is 5.10. The van der Waals surface area contributed by atoms with Crippen LogP contribution in [0.5, 0.6) is 0 Å². The Hall–Kier alpha value is -0.120. The van der Waals surface area contributed by atoms with Gasteiger partial charge < -0.3 is 5.11 Å². The Morgan fingerprint density at radius 1 is 1.43 bits per heavy atom. The molecule has 0 aromatic heterocycles. The van der Waals surface area contributed by atoms with E-state index in [1.807, 2.05) is 11.8 Å². The molecule has 0 spiro atoms. The predicted molar refractivity (Wildman–Crippen MR) is 63.3 cm³/mol. The number of aliphatic hydroxyl groups excluding tert-OH is 1. The molecule has 0 radical (unpaired) electrons. The first-order chi connectivity index (χ1) is 6.90. The van der Waals surface area contributed by atoms with Crippen molar-refractivity contribution in [2.45, 2.75) is 22.6 Å². The highest BCUT2D eigenvalue weighted by atomic mass is 32.2. The standard InChI is InChI=1S/C11H14OS2/c12-5-7-13-10-3-4-11-9(8-10)2-1-6-14-11/h3-4,8,12H,1-2,5-7H2. The highest BCUT2D eigenvalue weighted by Gasteiger charge is 2.09. The molecule has 0 saturated heterocycles. The maximum absolute atomic E-state index is 8.74. The van der Waals surface area contributed by atoms with Gasteiger partial charge in [-0.05, 0) is 42.4 Å². The second-order valence-electron chi connectivity index (χ2n) is 3.29. The summed E-state index contributed by atoms with van der Waals surface area (Å²) in [5.74, 6) is 2.06. The van der Waals surface area contributed by atoms with Crippen LogP contribution in [0.2, 0.25) is 0 Å². The smallest absolute Gasteiger partial charge is 0.0525 e. The summed E-state index contributed by atoms with van der Waals surface area (Å²) in [6.07, 6.45) is 2.52. The molecule has 1 aliphatic heterocycles. The third-order valence-corrected chi connectivity index (χ3v) is 4.42. The Morgan fingerprint density at radius 2 is 2.36 bits per heavy atom. The van der Waals surface area contributed by atoms with E-state index in [9.17, 15) is 0 Å². The summed E-state index contributed by atoms with van der Waals surface area (Å²) < 4.78 is 0. The first-order valence-electron chi connectivity index (χ1n) is 4.89. The lowest BCUT2D eigenvalue weighted by molar-refractivity contribution is 0.322. The van der Waals surface area contributed by atoms with E-state index < -0.39 is 0 Å². The summed E-state index contributed by atoms with van der Waals surface area (Å²) >= 11 is 3.70. The van der Waals surface area contributed by atoms with Gasteiger partial charge in [0, 0.05) is 15.5 Å². The Bertz CT molecular complexity index is 312. The van der Waals surface area contributed by atoms with Crippen LogP contribution in [0.4, 0.5) is 0 Å². The van der Waals surface area contributed by atoms with Crippen LogP contribution in [-0.2, 0) is 6.42 Å². The van der Waals surface area contributed by atoms with Gasteiger partial charge in [-0.25, -0.2) is 0 Å². The van der Waals surface area contributed by atoms with Crippen LogP contribution < -0.4 is 0 Å². The third kappa shape index (κ3) is 2.47. The number of aliphatic hydroxyl groups is 1. The maximum atomic E-state index is 8.74. The summed E-state index contributed by atoms with van der Waals surface area (Å²) in [5, 5.41) is 8.74. The minimum absolute atomic E-state index is 0.260. The van der Waals surface area contributed by atoms with Gasteiger partial charge >= 0.3 is 0 Å². The van der Waals surface area contributed by atoms with Crippen molar-refractivity contribution < 1.29 is 5.11 Å². The van der Waals surface area contributed by atoms with E-state index in [4.69, 9.17) is 5.11 Å². The van der Waals surface area contributed by atoms with Crippen LogP contribution >= 0.6 is 23.5 Å². The fraction of sp³-hybridized carbons (Fsp3) is 0.455. The Kier molecular flexibility index (Phi) is 3.79. The molecule has 0 aliphatic carbocycles. The lowest BCUT2D eigenvalue weighted by Gasteiger charge is -2.15. The van der Waals surface area contributed by atoms with Crippen LogP contribution in [0.1, 0.15) is 12.0 Å². The van der Waals surface area contributed by atoms with Gasteiger partial charge in [-0.1, -0.05) is 0 Å². The van der Waals surface area contributed by atoms with Gasteiger partial charge in [0.25, 0.3) is 0 Å². The summed E-state index contributed by atoms with van der Waals surface area (Å²) in [6, 6.07) is 6.66. The molecule has 0 fully saturated rings. The topological polar surface area (TPSA) is 20.2 Å². The minimum Gasteiger partial charge on any atom is -0.396 e. The number of aryl methyl sites for hydroxylation is 1. The minimum atomic E-state index is 0.260. The monoisotopic (exact) mass is 226 g/mol. The zero-order valence-corrected chi connectivity index (χ0v) is 9.66. The van der Waals surface area contributed by atoms with Gasteiger partial charge in [0.1, 0.15) is 0 Å². The number of fused-ring (bicyclic) bond motifs is 1. The normalized spacial score (nSPS) is 15.2. The van der Waals surface area contributed by atoms with Crippen LogP contribution in [0.15, 0.2) is 28.0 Å². The number of hydrogen-bond donors (Lipinski definition) is 1. The van der Waals surface area contributed by atoms with Crippen LogP contribution in [0.3, 0.4) is 0 Å². The van der Waals surface area contributed by atoms with Gasteiger partial charge in [0.2, 0.25) is 0 Å². The van der Waals surface area contributed by atoms with Gasteiger partial charge in [0.15, 0.2) is 0 Å². The molecule has 76 valence electrons. The van der Waals surface area contributed by atoms with Crippen LogP contribution in [-0.4, -0.2) is 23.2 Å². The largest absolute Gasteiger partial charge is 0.396 e. The van der Waals surface area contributed by atoms with Crippen molar-refractivity contribution in [3.63, 3.8) is 0 Å². The van der Waals surface area contributed by atoms with Gasteiger partial charge in [-0.3, -0.25) is 0 Å². The van der Waals surface area contributed by atoms with Crippen molar-refractivity contribution >= 4 is 23.5 Å². The lowest BCUT2D eigenvalue weighted by atomic mass is 10.1. The molecule has 1 aromatic carbocycles. The summed E-state index contributed by atoms with van der Waals surface area (Å²) in [5.41, 5.74) is 1.49. The molecule has 1 aromatic rings. The fourth-order valence-electron chi connectivity index (χ4n) is 1.59. The summed E-state index contributed by atoms with van der Waals surface area (Å²) in [7, 11) is 0. The number of thioether (sulfide) groups is 2. The Morgan fingerprint density at radius 3 is 3.21 bits per heavy atom. The lowest BCUT2D eigenvalue weighted by Crippen LogP contribution is -1.98. The average molecular weight is 226 g/mol. The zero-order chi connectivity index (χ0) is 9.80. The summed E-state index contributed by atoms with van der Waals surface area (Å²) in [4.78, 5) is 2.74. The van der Waals surface area contributed by atoms with Gasteiger partial charge in [0.05, 0.1) is 6.61 Å². The molecule has 1 N–H and O–H groups in total. The highest BCUT2D eigenvalue weighted by Crippen LogP contribution is 2.32. The van der Waals surface area contributed by atoms with Crippen molar-refractivity contribution in [2.75, 3.05) is 18.1 Å². The quantitative estimate of drug-likeness (QED) is 0.800. The molecule has 1 aliphatic rings. The average Bonchev–Trinajstić information content (AvgIpc) is 2.26. The zero-order valence-electron chi connectivity index (χ0n) is 8.03. The van der Waals surface area contributed by atoms with Gasteiger partial charge in [-0.2, -0.15) is 0 Å². The molecule has 0 atom stereocenters. The second-order valence-corrected chi connectivity index (χ2v) is 5.60. The number of hydrogen-bond acceptors (Lipinski definition) is 3. The fourth-order valence-corrected chi connectivity index (χ4v) is 3.33. The van der Waals surface area contributed by atoms with Crippen LogP contribution in [0, 0.1) is 0 Å². The van der Waals surface area contributed by atoms with E-state index in [0.717, 1.165) is 5.75 Å². The van der Waals surface area contributed by atoms with Crippen molar-refractivity contribution in [1.29, 1.82) is 0 Å². The van der Waals surface area contributed by atoms with Gasteiger partial charge in [-0.15, -0.1) is 23.5 Å². The number of benzene rings is 1. The van der Waals surface area contributed by atoms with E-state index in [0.29, 0.717) is 0 Å². The number of rotatable bonds is 3. The van der Waals surface area contributed by atoms with Crippen molar-refractivity contribution in [3.8, 4) is 0 Å². The molecular formula is C11H14OS2. The first-order valence-corrected chi connectivity index (χ1v) is 6.86. The molecule has 0 unspecified atom stereocenters. The van der Waals surface area contributed by atoms with Crippen molar-refractivity contribution in [3.05, 3.63) is 23.8 Å². The first kappa shape index (κ1) is 10.4. The van der Waals surface area contributed by atoms with E-state index >= 15 is 0 Å². The van der Waals surface area contributed by atoms with Crippen molar-refractivity contribution in [1.82, 2.24) is 0 Å². The van der Waals surface area contributed by atoms with Crippen molar-refractivity contribution in [2.24, 2.45) is 0 Å². The molecule has 1 nitrogen and oxygen atoms in total. The van der Waals surface area contributed by atoms with E-state index in [2.05, 4.69) is 18.2 Å². The molecule has 0 bridgehead atoms. The maximum Gasteiger partial charge on any atom is 0.0525 e. The molecule has 0 saturated carbocycles. The highest BCUT2D eigenvalue weighted by molar-refractivity contribution is 7.99. The summed E-state index contributed by atoms with van der Waals surface area (Å²) in [6.45, 7) is 0.260. The van der Waals surface area contributed by atoms with E-state index in [1.54, 1.807) is 11.8 Å². The van der Waals surface area contributed by atoms with Crippen LogP contribution in [0.25, 0.3) is 0 Å². The predicted octanol–water partition coefficient (Wildman–Crippen LogP) is 2.81. The SMILES string of the molecule is OCCSc1ccc2c(c1)CCCS2. The molecule has 3 heteroatoms.